The molecule has 1 aromatic heterocycles. The van der Waals surface area contributed by atoms with E-state index in [1.165, 1.54) is 23.8 Å². The summed E-state index contributed by atoms with van der Waals surface area (Å²) in [5, 5.41) is 8.85. The van der Waals surface area contributed by atoms with Crippen molar-refractivity contribution >= 4 is 12.0 Å². The smallest absolute Gasteiger partial charge is 0.326 e. The molecule has 1 rings (SSSR count). The van der Waals surface area contributed by atoms with E-state index in [-0.39, 0.29) is 6.03 Å². The van der Waals surface area contributed by atoms with Crippen molar-refractivity contribution in [2.24, 2.45) is 0 Å². The van der Waals surface area contributed by atoms with Crippen LogP contribution in [-0.4, -0.2) is 52.0 Å². The van der Waals surface area contributed by atoms with Gasteiger partial charge in [0, 0.05) is 20.3 Å². The van der Waals surface area contributed by atoms with Crippen LogP contribution in [0.2, 0.25) is 0 Å². The average Bonchev–Trinajstić information content (AvgIpc) is 2.37. The summed E-state index contributed by atoms with van der Waals surface area (Å²) in [6, 6.07) is 4.23. The Morgan fingerprint density at radius 3 is 2.56 bits per heavy atom. The molecule has 1 unspecified atom stereocenters. The lowest BCUT2D eigenvalue weighted by Crippen LogP contribution is -2.46. The molecule has 1 N–H and O–H groups in total. The van der Waals surface area contributed by atoms with Crippen LogP contribution in [0.4, 0.5) is 4.79 Å². The van der Waals surface area contributed by atoms with Crippen LogP contribution in [0.25, 0.3) is 0 Å². The molecule has 0 spiro atoms. The van der Waals surface area contributed by atoms with Crippen molar-refractivity contribution in [2.75, 3.05) is 14.1 Å². The topological polar surface area (TPSA) is 73.7 Å². The number of carboxylic acid groups (broad SMARTS) is 1. The van der Waals surface area contributed by atoms with Gasteiger partial charge in [-0.05, 0) is 19.1 Å². The Kier molecular flexibility index (Phi) is 4.65. The molecule has 0 aliphatic rings. The number of nitrogens with zero attached hydrogens (tertiary/aromatic N) is 3. The molecule has 0 bridgehead atoms. The van der Waals surface area contributed by atoms with E-state index in [1.807, 2.05) is 12.1 Å². The first-order valence-corrected chi connectivity index (χ1v) is 5.54. The van der Waals surface area contributed by atoms with E-state index < -0.39 is 12.0 Å². The molecule has 18 heavy (non-hydrogen) atoms. The van der Waals surface area contributed by atoms with Crippen LogP contribution in [-0.2, 0) is 11.3 Å². The number of carboxylic acids is 1. The van der Waals surface area contributed by atoms with Crippen LogP contribution >= 0.6 is 0 Å². The van der Waals surface area contributed by atoms with Crippen molar-refractivity contribution in [1.82, 2.24) is 14.8 Å². The first-order valence-electron chi connectivity index (χ1n) is 5.54. The minimum Gasteiger partial charge on any atom is -0.480 e. The van der Waals surface area contributed by atoms with Crippen LogP contribution in [0.5, 0.6) is 0 Å². The number of aromatic nitrogens is 1. The number of amides is 2. The van der Waals surface area contributed by atoms with Crippen molar-refractivity contribution in [3.8, 4) is 0 Å². The Labute approximate surface area is 106 Å². The van der Waals surface area contributed by atoms with Crippen LogP contribution in [0.3, 0.4) is 0 Å². The fourth-order valence-electron chi connectivity index (χ4n) is 1.40. The van der Waals surface area contributed by atoms with Crippen molar-refractivity contribution in [3.05, 3.63) is 30.1 Å². The molecule has 1 aromatic rings. The molecule has 0 aromatic carbocycles. The number of likely N-dealkylation sites (N-methyl/N-ethyl adjacent to an activating group) is 1. The fourth-order valence-corrected chi connectivity index (χ4v) is 1.40. The van der Waals surface area contributed by atoms with Crippen LogP contribution < -0.4 is 0 Å². The lowest BCUT2D eigenvalue weighted by atomic mass is 10.3. The van der Waals surface area contributed by atoms with Gasteiger partial charge in [0.15, 0.2) is 0 Å². The van der Waals surface area contributed by atoms with Gasteiger partial charge in [-0.25, -0.2) is 9.59 Å². The zero-order valence-electron chi connectivity index (χ0n) is 10.7. The molecule has 0 aliphatic heterocycles. The number of rotatable bonds is 4. The van der Waals surface area contributed by atoms with Gasteiger partial charge in [0.25, 0.3) is 0 Å². The molecule has 1 atom stereocenters. The van der Waals surface area contributed by atoms with Crippen molar-refractivity contribution in [2.45, 2.75) is 19.5 Å². The summed E-state index contributed by atoms with van der Waals surface area (Å²) in [6.45, 7) is 1.81. The maximum absolute atomic E-state index is 12.0. The molecule has 0 radical (unpaired) electrons. The van der Waals surface area contributed by atoms with E-state index in [0.717, 1.165) is 5.69 Å². The summed E-state index contributed by atoms with van der Waals surface area (Å²) in [7, 11) is 3.08. The second-order valence-electron chi connectivity index (χ2n) is 4.08. The average molecular weight is 251 g/mol. The van der Waals surface area contributed by atoms with Crippen molar-refractivity contribution < 1.29 is 14.7 Å². The summed E-state index contributed by atoms with van der Waals surface area (Å²) < 4.78 is 0. The van der Waals surface area contributed by atoms with Gasteiger partial charge in [0.05, 0.1) is 12.2 Å². The van der Waals surface area contributed by atoms with Gasteiger partial charge in [-0.15, -0.1) is 0 Å². The summed E-state index contributed by atoms with van der Waals surface area (Å²) in [6.07, 6.45) is 1.65. The highest BCUT2D eigenvalue weighted by atomic mass is 16.4. The monoisotopic (exact) mass is 251 g/mol. The number of carbonyl (C=O) groups excluding carboxylic acids is 1. The summed E-state index contributed by atoms with van der Waals surface area (Å²) in [5.41, 5.74) is 0.754. The second-order valence-corrected chi connectivity index (χ2v) is 4.08. The van der Waals surface area contributed by atoms with E-state index >= 15 is 0 Å². The summed E-state index contributed by atoms with van der Waals surface area (Å²) in [5.74, 6) is -1.03. The predicted octanol–water partition coefficient (Wildman–Crippen LogP) is 1.04. The predicted molar refractivity (Wildman–Crippen MR) is 66.0 cm³/mol. The molecule has 0 saturated carbocycles. The second kappa shape index (κ2) is 6.00. The summed E-state index contributed by atoms with van der Waals surface area (Å²) >= 11 is 0. The maximum atomic E-state index is 12.0. The van der Waals surface area contributed by atoms with Gasteiger partial charge < -0.3 is 14.9 Å². The molecule has 6 heteroatoms. The largest absolute Gasteiger partial charge is 0.480 e. The summed E-state index contributed by atoms with van der Waals surface area (Å²) in [4.78, 5) is 29.5. The molecule has 1 heterocycles. The van der Waals surface area contributed by atoms with Crippen LogP contribution in [0, 0.1) is 0 Å². The quantitative estimate of drug-likeness (QED) is 0.867. The third-order valence-corrected chi connectivity index (χ3v) is 2.69. The zero-order valence-corrected chi connectivity index (χ0v) is 10.7. The van der Waals surface area contributed by atoms with Crippen molar-refractivity contribution in [1.29, 1.82) is 0 Å². The van der Waals surface area contributed by atoms with Gasteiger partial charge in [0.2, 0.25) is 0 Å². The van der Waals surface area contributed by atoms with E-state index in [4.69, 9.17) is 5.11 Å². The third kappa shape index (κ3) is 3.44. The molecule has 0 aliphatic carbocycles. The number of hydrogen-bond donors (Lipinski definition) is 1. The van der Waals surface area contributed by atoms with Crippen molar-refractivity contribution in [3.63, 3.8) is 0 Å². The maximum Gasteiger partial charge on any atom is 0.326 e. The Balaban J connectivity index is 2.64. The fraction of sp³-hybridized carbons (Fsp3) is 0.417. The first kappa shape index (κ1) is 14.0. The van der Waals surface area contributed by atoms with E-state index in [2.05, 4.69) is 4.98 Å². The Hall–Kier alpha value is -2.11. The third-order valence-electron chi connectivity index (χ3n) is 2.69. The Morgan fingerprint density at radius 2 is 2.06 bits per heavy atom. The van der Waals surface area contributed by atoms with Crippen LogP contribution in [0.15, 0.2) is 24.4 Å². The number of pyridine rings is 1. The molecule has 98 valence electrons. The van der Waals surface area contributed by atoms with Gasteiger partial charge in [-0.1, -0.05) is 6.07 Å². The standard InChI is InChI=1S/C12H17N3O3/c1-9(11(16)17)15(3)12(18)14(2)8-10-6-4-5-7-13-10/h4-7,9H,8H2,1-3H3,(H,16,17). The molecular formula is C12H17N3O3. The number of hydrogen-bond acceptors (Lipinski definition) is 3. The zero-order chi connectivity index (χ0) is 13.7. The molecule has 0 fully saturated rings. The lowest BCUT2D eigenvalue weighted by Gasteiger charge is -2.27. The minimum absolute atomic E-state index is 0.344. The van der Waals surface area contributed by atoms with E-state index in [0.29, 0.717) is 6.54 Å². The van der Waals surface area contributed by atoms with Gasteiger partial charge >= 0.3 is 12.0 Å². The molecule has 6 nitrogen and oxygen atoms in total. The highest BCUT2D eigenvalue weighted by molar-refractivity contribution is 5.82. The van der Waals surface area contributed by atoms with Gasteiger partial charge in [0.1, 0.15) is 6.04 Å². The highest BCUT2D eigenvalue weighted by Crippen LogP contribution is 2.05. The van der Waals surface area contributed by atoms with Crippen LogP contribution in [0.1, 0.15) is 12.6 Å². The van der Waals surface area contributed by atoms with E-state index in [1.54, 1.807) is 19.3 Å². The van der Waals surface area contributed by atoms with E-state index in [9.17, 15) is 9.59 Å². The lowest BCUT2D eigenvalue weighted by molar-refractivity contribution is -0.141. The van der Waals surface area contributed by atoms with Gasteiger partial charge in [-0.3, -0.25) is 4.98 Å². The highest BCUT2D eigenvalue weighted by Gasteiger charge is 2.24. The molecule has 0 saturated heterocycles. The number of urea groups is 1. The first-order chi connectivity index (χ1) is 8.43. The molecule has 2 amide bonds. The van der Waals surface area contributed by atoms with Gasteiger partial charge in [-0.2, -0.15) is 0 Å². The Bertz CT molecular complexity index is 422. The number of aliphatic carboxylic acids is 1. The SMILES string of the molecule is CC(C(=O)O)N(C)C(=O)N(C)Cc1ccccn1. The Morgan fingerprint density at radius 1 is 1.39 bits per heavy atom. The number of carbonyl (C=O) groups is 2. The minimum atomic E-state index is -1.03. The molecular weight excluding hydrogens is 234 g/mol. The normalized spacial score (nSPS) is 11.7.